The van der Waals surface area contributed by atoms with E-state index in [4.69, 9.17) is 51.6 Å². The quantitative estimate of drug-likeness (QED) is 0.0400. The van der Waals surface area contributed by atoms with Gasteiger partial charge in [-0.25, -0.2) is 0 Å². The number of H-pyrrole nitrogens is 1. The number of carbonyl (C=O) groups excluding carboxylic acids is 14. The van der Waals surface area contributed by atoms with Gasteiger partial charge in [0.05, 0.1) is 6.04 Å². The van der Waals surface area contributed by atoms with E-state index in [1.54, 1.807) is 6.20 Å². The molecular formula is C88H159N23O14. The van der Waals surface area contributed by atoms with Crippen LogP contribution >= 0.6 is 0 Å². The van der Waals surface area contributed by atoms with Crippen LogP contribution in [0.5, 0.6) is 0 Å². The number of likely N-dealkylation sites (tertiary alicyclic amines) is 1. The van der Waals surface area contributed by atoms with Crippen molar-refractivity contribution in [3.8, 4) is 0 Å². The van der Waals surface area contributed by atoms with Gasteiger partial charge in [-0.15, -0.1) is 0 Å². The van der Waals surface area contributed by atoms with Gasteiger partial charge in [0.2, 0.25) is 82.7 Å². The normalized spacial score (nSPS) is 16.0. The van der Waals surface area contributed by atoms with Gasteiger partial charge >= 0.3 is 0 Å². The Balaban J connectivity index is 1.96. The van der Waals surface area contributed by atoms with E-state index in [9.17, 15) is 62.3 Å². The Morgan fingerprint density at radius 2 is 0.616 bits per heavy atom. The molecule has 0 unspecified atom stereocenters. The lowest BCUT2D eigenvalue weighted by molar-refractivity contribution is -0.143. The first kappa shape index (κ1) is 110. The Morgan fingerprint density at radius 1 is 0.344 bits per heavy atom. The Labute approximate surface area is 740 Å². The number of nitrogens with one attached hydrogen (secondary N) is 13. The van der Waals surface area contributed by atoms with Crippen LogP contribution in [0, 0.1) is 29.6 Å². The molecule has 125 heavy (non-hydrogen) atoms. The molecule has 0 radical (unpaired) electrons. The minimum absolute atomic E-state index is 0.00135. The Morgan fingerprint density at radius 3 is 0.952 bits per heavy atom. The summed E-state index contributed by atoms with van der Waals surface area (Å²) >= 11 is 0. The summed E-state index contributed by atoms with van der Waals surface area (Å²) in [6.45, 7) is 20.6. The molecular weight excluding hydrogens is 1600 g/mol. The summed E-state index contributed by atoms with van der Waals surface area (Å²) in [4.78, 5) is 207. The fourth-order valence-electron chi connectivity index (χ4n) is 15.2. The molecule has 1 aliphatic rings. The summed E-state index contributed by atoms with van der Waals surface area (Å²) in [5.74, 6) is -10.5. The van der Waals surface area contributed by atoms with Crippen LogP contribution in [0.4, 0.5) is 0 Å². The van der Waals surface area contributed by atoms with Gasteiger partial charge in [-0.3, -0.25) is 67.1 Å². The molecule has 1 saturated heterocycles. The van der Waals surface area contributed by atoms with Crippen molar-refractivity contribution in [2.75, 3.05) is 52.4 Å². The molecule has 1 fully saturated rings. The van der Waals surface area contributed by atoms with Crippen LogP contribution < -0.4 is 115 Å². The zero-order chi connectivity index (χ0) is 93.3. The topological polar surface area (TPSA) is 637 Å². The largest absolute Gasteiger partial charge is 0.368 e. The summed E-state index contributed by atoms with van der Waals surface area (Å²) in [5, 5.41) is 34.9. The number of para-hydroxylation sites is 1. The molecule has 2 heterocycles. The third-order valence-corrected chi connectivity index (χ3v) is 22.1. The van der Waals surface area contributed by atoms with Crippen LogP contribution in [0.2, 0.25) is 0 Å². The lowest BCUT2D eigenvalue weighted by Gasteiger charge is -2.32. The smallest absolute Gasteiger partial charge is 0.245 e. The van der Waals surface area contributed by atoms with Gasteiger partial charge in [0.15, 0.2) is 0 Å². The summed E-state index contributed by atoms with van der Waals surface area (Å²) in [7, 11) is 0. The highest BCUT2D eigenvalue weighted by Gasteiger charge is 2.42. The van der Waals surface area contributed by atoms with Crippen LogP contribution in [0.25, 0.3) is 10.9 Å². The lowest BCUT2D eigenvalue weighted by Crippen LogP contribution is -2.61. The van der Waals surface area contributed by atoms with E-state index in [0.29, 0.717) is 116 Å². The predicted molar refractivity (Wildman–Crippen MR) is 485 cm³/mol. The number of nitrogens with two attached hydrogens (primary N) is 9. The third-order valence-electron chi connectivity index (χ3n) is 22.1. The number of aromatic nitrogens is 1. The standard InChI is InChI=1S/C88H159N23O14/c1-53(2)46-68(75(97)112)105-79(116)64(33-16-23-41-92)101-82(119)69(47-54(3)4)107-81(118)66(35-18-25-43-94)102-84(121)72(50-57(9)10)110-87(124)74-37-27-45-111(74)88(125)67(36-19-26-44-95)104-78(115)63(32-15-22-40-91)100-83(120)70(48-55(5)6)109-85(122)71(49-56(7)8)108-80(117)65(34-17-24-42-93)99-77(114)62(31-14-21-39-90)103-86(123)73(106-76(113)60(96)29-13-20-38-89)51-58-52-98-61-30-12-11-28-59(58)61/h11-12,28,30,52-57,60,62-74,98H,13-27,29,31-51,89-96H2,1-10H3,(H2,97,112)(H,99,114)(H,100,120)(H,101,119)(H,102,121)(H,103,123)(H,104,115)(H,105,116)(H,106,113)(H,107,118)(H,108,117)(H,109,122)(H,110,124)/t60-,62-,63-,64-,65-,66-,67-,68-,69-,70-,71-,72-,73-,74-/m0/s1. The second kappa shape index (κ2) is 60.6. The second-order valence-electron chi connectivity index (χ2n) is 35.6. The minimum atomic E-state index is -1.30. The zero-order valence-corrected chi connectivity index (χ0v) is 76.4. The molecule has 0 saturated carbocycles. The van der Waals surface area contributed by atoms with Crippen LogP contribution in [0.1, 0.15) is 255 Å². The fourth-order valence-corrected chi connectivity index (χ4v) is 15.2. The van der Waals surface area contributed by atoms with Crippen molar-refractivity contribution in [3.05, 3.63) is 36.0 Å². The van der Waals surface area contributed by atoms with E-state index in [1.165, 1.54) is 4.90 Å². The first-order valence-electron chi connectivity index (χ1n) is 45.9. The van der Waals surface area contributed by atoms with E-state index < -0.39 is 167 Å². The number of rotatable bonds is 66. The number of primary amides is 1. The van der Waals surface area contributed by atoms with Crippen LogP contribution in [-0.4, -0.2) is 230 Å². The molecule has 710 valence electrons. The van der Waals surface area contributed by atoms with E-state index in [0.717, 1.165) is 16.5 Å². The maximum Gasteiger partial charge on any atom is 0.245 e. The zero-order valence-electron chi connectivity index (χ0n) is 76.4. The molecule has 14 amide bonds. The average molecular weight is 1760 g/mol. The Kier molecular flexibility index (Phi) is 53.5. The summed E-state index contributed by atoms with van der Waals surface area (Å²) < 4.78 is 0. The Hall–Kier alpha value is -8.98. The second-order valence-corrected chi connectivity index (χ2v) is 35.6. The van der Waals surface area contributed by atoms with Gasteiger partial charge < -0.3 is 125 Å². The Bertz CT molecular complexity index is 3640. The summed E-state index contributed by atoms with van der Waals surface area (Å²) in [5.41, 5.74) is 54.7. The number of carbonyl (C=O) groups is 14. The molecule has 1 aromatic heterocycles. The highest BCUT2D eigenvalue weighted by Crippen LogP contribution is 2.24. The highest BCUT2D eigenvalue weighted by atomic mass is 16.2. The first-order chi connectivity index (χ1) is 59.5. The lowest BCUT2D eigenvalue weighted by atomic mass is 9.98. The monoisotopic (exact) mass is 1760 g/mol. The van der Waals surface area contributed by atoms with Crippen molar-refractivity contribution in [2.45, 2.75) is 340 Å². The molecule has 0 bridgehead atoms. The van der Waals surface area contributed by atoms with Gasteiger partial charge in [0.25, 0.3) is 0 Å². The number of benzene rings is 1. The van der Waals surface area contributed by atoms with Crippen LogP contribution in [0.3, 0.4) is 0 Å². The van der Waals surface area contributed by atoms with E-state index >= 15 is 4.79 Å². The molecule has 14 atom stereocenters. The number of hydrogen-bond acceptors (Lipinski definition) is 22. The fraction of sp³-hybridized carbons (Fsp3) is 0.750. The maximum atomic E-state index is 15.2. The maximum absolute atomic E-state index is 15.2. The van der Waals surface area contributed by atoms with Crippen molar-refractivity contribution in [1.29, 1.82) is 0 Å². The van der Waals surface area contributed by atoms with Gasteiger partial charge in [-0.05, 0) is 260 Å². The number of aromatic amines is 1. The summed E-state index contributed by atoms with van der Waals surface area (Å²) in [6, 6.07) is -9.28. The molecule has 3 rings (SSSR count). The number of amides is 14. The molecule has 31 N–H and O–H groups in total. The third kappa shape index (κ3) is 41.6. The highest BCUT2D eigenvalue weighted by molar-refractivity contribution is 6.01. The van der Waals surface area contributed by atoms with Crippen molar-refractivity contribution in [2.24, 2.45) is 81.2 Å². The predicted octanol–water partition coefficient (Wildman–Crippen LogP) is 0.465. The van der Waals surface area contributed by atoms with Crippen molar-refractivity contribution in [1.82, 2.24) is 73.7 Å². The minimum Gasteiger partial charge on any atom is -0.368 e. The summed E-state index contributed by atoms with van der Waals surface area (Å²) in [6.07, 6.45) is 10.1. The van der Waals surface area contributed by atoms with E-state index in [2.05, 4.69) is 68.8 Å². The molecule has 1 aliphatic heterocycles. The number of fused-ring (bicyclic) bond motifs is 1. The molecule has 1 aromatic carbocycles. The molecule has 37 nitrogen and oxygen atoms in total. The van der Waals surface area contributed by atoms with Crippen molar-refractivity contribution >= 4 is 93.6 Å². The van der Waals surface area contributed by atoms with Gasteiger partial charge in [-0.1, -0.05) is 93.9 Å². The van der Waals surface area contributed by atoms with Crippen LogP contribution in [-0.2, 0) is 73.5 Å². The van der Waals surface area contributed by atoms with Crippen molar-refractivity contribution in [3.63, 3.8) is 0 Å². The number of hydrogen-bond donors (Lipinski definition) is 22. The van der Waals surface area contributed by atoms with E-state index in [-0.39, 0.29) is 152 Å². The van der Waals surface area contributed by atoms with Gasteiger partial charge in [-0.2, -0.15) is 0 Å². The van der Waals surface area contributed by atoms with Gasteiger partial charge in [0, 0.05) is 30.1 Å². The molecule has 0 spiro atoms. The first-order valence-corrected chi connectivity index (χ1v) is 45.9. The van der Waals surface area contributed by atoms with Crippen molar-refractivity contribution < 1.29 is 67.1 Å². The number of nitrogens with zero attached hydrogens (tertiary/aromatic N) is 1. The number of unbranched alkanes of at least 4 members (excludes halogenated alkanes) is 7. The average Bonchev–Trinajstić information content (AvgIpc) is 1.74. The van der Waals surface area contributed by atoms with Crippen LogP contribution in [0.15, 0.2) is 30.5 Å². The molecule has 0 aliphatic carbocycles. The van der Waals surface area contributed by atoms with E-state index in [1.807, 2.05) is 93.5 Å². The SMILES string of the molecule is CC(C)C[C@H](NC(=O)[C@H](CCCCN)NC(=O)[C@H](CC(C)C)NC(=O)[C@H](CCCCN)NC(=O)[C@H](CC(C)C)NC(=O)[C@@H]1CCCN1C(=O)[C@H](CCCCN)NC(=O)[C@H](CCCCN)NC(=O)[C@H](CC(C)C)NC(=O)[C@H](CC(C)C)NC(=O)[C@H](CCCCN)NC(=O)[C@H](CCCCN)NC(=O)[C@H](Cc1c[nH]c2ccccc12)NC(=O)[C@@H](N)CCCCN)C(N)=O. The molecule has 37 heteroatoms. The molecule has 2 aromatic rings. The van der Waals surface area contributed by atoms with Gasteiger partial charge in [0.1, 0.15) is 78.5 Å².